The Balaban J connectivity index is 0. The molecular formula is CH4NaOP+2. The van der Waals surface area contributed by atoms with Crippen LogP contribution in [-0.2, 0) is 4.57 Å². The van der Waals surface area contributed by atoms with Crippen LogP contribution in [0.1, 0.15) is 0 Å². The summed E-state index contributed by atoms with van der Waals surface area (Å²) in [6.07, 6.45) is 0. The molecule has 0 radical (unpaired) electrons. The van der Waals surface area contributed by atoms with Gasteiger partial charge in [0.25, 0.3) is 0 Å². The van der Waals surface area contributed by atoms with Crippen molar-refractivity contribution in [2.75, 3.05) is 6.66 Å². The van der Waals surface area contributed by atoms with E-state index in [1.54, 1.807) is 6.66 Å². The normalized spacial score (nSPS) is 5.25. The van der Waals surface area contributed by atoms with Gasteiger partial charge in [0.05, 0.1) is 0 Å². The molecule has 1 unspecified atom stereocenters. The van der Waals surface area contributed by atoms with Crippen LogP contribution >= 0.6 is 8.46 Å². The Kier molecular flexibility index (Phi) is 19.9. The minimum atomic E-state index is -0.167. The second-order valence-electron chi connectivity index (χ2n) is 0.204. The second-order valence-corrected chi connectivity index (χ2v) is 0.612. The van der Waals surface area contributed by atoms with Crippen LogP contribution in [0.25, 0.3) is 0 Å². The van der Waals surface area contributed by atoms with Crippen LogP contribution in [0.15, 0.2) is 0 Å². The smallest absolute Gasteiger partial charge is 0.0778 e. The Bertz CT molecular complexity index is 15.5. The van der Waals surface area contributed by atoms with Gasteiger partial charge in [-0.1, -0.05) is 4.57 Å². The standard InChI is InChI=1S/CH3OP.Na/c1-3-2;/h1H3;/q;+1/p+1. The fourth-order valence-corrected chi connectivity index (χ4v) is 0. The van der Waals surface area contributed by atoms with Crippen molar-refractivity contribution in [3.8, 4) is 0 Å². The van der Waals surface area contributed by atoms with Crippen molar-refractivity contribution in [3.63, 3.8) is 0 Å². The van der Waals surface area contributed by atoms with E-state index in [4.69, 9.17) is 4.57 Å². The molecule has 0 aliphatic carbocycles. The summed E-state index contributed by atoms with van der Waals surface area (Å²) in [5.41, 5.74) is 0. The van der Waals surface area contributed by atoms with Gasteiger partial charge in [-0.05, 0) is 0 Å². The molecule has 0 bridgehead atoms. The maximum Gasteiger partial charge on any atom is 1.00 e. The maximum atomic E-state index is 8.96. The molecule has 18 valence electrons. The fraction of sp³-hybridized carbons (Fsp3) is 1.00. The maximum absolute atomic E-state index is 8.96. The van der Waals surface area contributed by atoms with E-state index in [1.165, 1.54) is 0 Å². The van der Waals surface area contributed by atoms with E-state index in [1.807, 2.05) is 0 Å². The topological polar surface area (TPSA) is 17.1 Å². The molecule has 4 heavy (non-hydrogen) atoms. The van der Waals surface area contributed by atoms with Gasteiger partial charge in [0, 0.05) is 0 Å². The zero-order valence-corrected chi connectivity index (χ0v) is 5.91. The first-order valence-electron chi connectivity index (χ1n) is 0.704. The molecule has 0 aromatic heterocycles. The summed E-state index contributed by atoms with van der Waals surface area (Å²) in [6.45, 7) is 1.60. The van der Waals surface area contributed by atoms with Gasteiger partial charge in [-0.25, -0.2) is 0 Å². The molecular weight excluding hydrogens is 82.0 g/mol. The predicted octanol–water partition coefficient (Wildman–Crippen LogP) is -2.36. The van der Waals surface area contributed by atoms with Crippen molar-refractivity contribution in [1.82, 2.24) is 0 Å². The van der Waals surface area contributed by atoms with Crippen molar-refractivity contribution in [2.24, 2.45) is 0 Å². The molecule has 0 heterocycles. The van der Waals surface area contributed by atoms with Crippen LogP contribution < -0.4 is 29.6 Å². The van der Waals surface area contributed by atoms with Crippen LogP contribution in [0.3, 0.4) is 0 Å². The van der Waals surface area contributed by atoms with E-state index in [2.05, 4.69) is 0 Å². The first-order valence-corrected chi connectivity index (χ1v) is 2.11. The molecule has 3 heteroatoms. The van der Waals surface area contributed by atoms with Gasteiger partial charge < -0.3 is 0 Å². The molecule has 1 nitrogen and oxygen atoms in total. The van der Waals surface area contributed by atoms with Gasteiger partial charge in [0.2, 0.25) is 0 Å². The van der Waals surface area contributed by atoms with E-state index in [9.17, 15) is 0 Å². The molecule has 0 aromatic rings. The Morgan fingerprint density at radius 2 is 1.75 bits per heavy atom. The Morgan fingerprint density at radius 3 is 1.75 bits per heavy atom. The minimum absolute atomic E-state index is 0. The van der Waals surface area contributed by atoms with Crippen LogP contribution in [-0.4, -0.2) is 6.66 Å². The van der Waals surface area contributed by atoms with Gasteiger partial charge in [-0.3, -0.25) is 0 Å². The van der Waals surface area contributed by atoms with Crippen LogP contribution in [0.5, 0.6) is 0 Å². The second kappa shape index (κ2) is 8.93. The van der Waals surface area contributed by atoms with E-state index < -0.39 is 0 Å². The van der Waals surface area contributed by atoms with Crippen LogP contribution in [0.4, 0.5) is 0 Å². The molecule has 1 atom stereocenters. The quantitative estimate of drug-likeness (QED) is 0.238. The SMILES string of the molecule is C[PH+]=O.[Na+]. The number of hydrogen-bond donors (Lipinski definition) is 0. The van der Waals surface area contributed by atoms with Crippen molar-refractivity contribution >= 4 is 8.46 Å². The molecule has 0 saturated carbocycles. The molecule has 0 spiro atoms. The third kappa shape index (κ3) is 11.3. The molecule has 0 aromatic carbocycles. The van der Waals surface area contributed by atoms with Gasteiger partial charge in [0.15, 0.2) is 0 Å². The minimum Gasteiger partial charge on any atom is -0.0778 e. The first-order chi connectivity index (χ1) is 1.41. The number of hydrogen-bond acceptors (Lipinski definition) is 1. The van der Waals surface area contributed by atoms with E-state index >= 15 is 0 Å². The van der Waals surface area contributed by atoms with Crippen molar-refractivity contribution in [1.29, 1.82) is 0 Å². The first kappa shape index (κ1) is 8.92. The average molecular weight is 86.0 g/mol. The Morgan fingerprint density at radius 1 is 1.75 bits per heavy atom. The third-order valence-corrected chi connectivity index (χ3v) is 0. The van der Waals surface area contributed by atoms with Crippen LogP contribution in [0.2, 0.25) is 0 Å². The van der Waals surface area contributed by atoms with Gasteiger partial charge in [-0.15, -0.1) is 0 Å². The molecule has 0 aliphatic heterocycles. The largest absolute Gasteiger partial charge is 1.00 e. The van der Waals surface area contributed by atoms with E-state index in [0.717, 1.165) is 0 Å². The Labute approximate surface area is 49.3 Å². The zero-order chi connectivity index (χ0) is 2.71. The van der Waals surface area contributed by atoms with Crippen LogP contribution in [0, 0.1) is 0 Å². The van der Waals surface area contributed by atoms with E-state index in [-0.39, 0.29) is 38.0 Å². The fourth-order valence-electron chi connectivity index (χ4n) is 0. The van der Waals surface area contributed by atoms with E-state index in [0.29, 0.717) is 0 Å². The van der Waals surface area contributed by atoms with Crippen molar-refractivity contribution in [3.05, 3.63) is 0 Å². The summed E-state index contributed by atoms with van der Waals surface area (Å²) in [6, 6.07) is 0. The molecule has 0 aliphatic rings. The summed E-state index contributed by atoms with van der Waals surface area (Å²) in [4.78, 5) is 0. The summed E-state index contributed by atoms with van der Waals surface area (Å²) in [7, 11) is -0.167. The van der Waals surface area contributed by atoms with Gasteiger partial charge in [0.1, 0.15) is 6.66 Å². The summed E-state index contributed by atoms with van der Waals surface area (Å²) < 4.78 is 8.96. The average Bonchev–Trinajstić information content (AvgIpc) is 0.918. The zero-order valence-electron chi connectivity index (χ0n) is 2.91. The van der Waals surface area contributed by atoms with Gasteiger partial charge >= 0.3 is 38.0 Å². The summed E-state index contributed by atoms with van der Waals surface area (Å²) in [5, 5.41) is 0. The Hall–Kier alpha value is 1.10. The molecule has 0 amide bonds. The summed E-state index contributed by atoms with van der Waals surface area (Å²) >= 11 is 0. The molecule has 0 rings (SSSR count). The molecule has 0 N–H and O–H groups in total. The third-order valence-electron chi connectivity index (χ3n) is 0. The molecule has 0 fully saturated rings. The van der Waals surface area contributed by atoms with Crippen molar-refractivity contribution in [2.45, 2.75) is 0 Å². The predicted molar refractivity (Wildman–Crippen MR) is 14.9 cm³/mol. The summed E-state index contributed by atoms with van der Waals surface area (Å²) in [5.74, 6) is 0. The van der Waals surface area contributed by atoms with Gasteiger partial charge in [-0.2, -0.15) is 0 Å². The number of rotatable bonds is 0. The molecule has 0 saturated heterocycles. The monoisotopic (exact) mass is 86.0 g/mol. The van der Waals surface area contributed by atoms with Crippen molar-refractivity contribution < 1.29 is 34.1 Å².